The number of hydrogen-bond donors (Lipinski definition) is 2. The molecular weight excluding hydrogens is 436 g/mol. The molecule has 0 atom stereocenters. The molecule has 0 aromatic heterocycles. The first-order valence-corrected chi connectivity index (χ1v) is 10.7. The summed E-state index contributed by atoms with van der Waals surface area (Å²) < 4.78 is 16.1. The van der Waals surface area contributed by atoms with E-state index in [9.17, 15) is 14.4 Å². The summed E-state index contributed by atoms with van der Waals surface area (Å²) in [5.74, 6) is 0.276. The summed E-state index contributed by atoms with van der Waals surface area (Å²) in [6.07, 6.45) is 0. The maximum atomic E-state index is 12.5. The molecule has 0 bridgehead atoms. The van der Waals surface area contributed by atoms with Crippen LogP contribution in [0.5, 0.6) is 17.2 Å². The monoisotopic (exact) mass is 462 g/mol. The fourth-order valence-corrected chi connectivity index (χ4v) is 3.09. The summed E-state index contributed by atoms with van der Waals surface area (Å²) in [7, 11) is 0. The second kappa shape index (κ2) is 12.1. The van der Waals surface area contributed by atoms with E-state index >= 15 is 0 Å². The minimum absolute atomic E-state index is 0.177. The molecule has 3 rings (SSSR count). The van der Waals surface area contributed by atoms with Crippen molar-refractivity contribution in [3.8, 4) is 17.2 Å². The Bertz CT molecular complexity index is 1160. The molecule has 176 valence electrons. The third kappa shape index (κ3) is 7.37. The molecule has 0 heterocycles. The van der Waals surface area contributed by atoms with Crippen molar-refractivity contribution in [3.05, 3.63) is 83.9 Å². The molecule has 0 spiro atoms. The van der Waals surface area contributed by atoms with Crippen LogP contribution in [0.25, 0.3) is 0 Å². The number of para-hydroxylation sites is 2. The summed E-state index contributed by atoms with van der Waals surface area (Å²) >= 11 is 0. The van der Waals surface area contributed by atoms with Crippen molar-refractivity contribution in [3.63, 3.8) is 0 Å². The number of ether oxygens (including phenoxy) is 3. The van der Waals surface area contributed by atoms with Crippen LogP contribution in [0.15, 0.2) is 72.8 Å². The van der Waals surface area contributed by atoms with Gasteiger partial charge in [0.05, 0.1) is 6.61 Å². The molecular formula is C26H26N2O6. The quantitative estimate of drug-likeness (QED) is 0.349. The van der Waals surface area contributed by atoms with Gasteiger partial charge in [0.25, 0.3) is 11.8 Å². The lowest BCUT2D eigenvalue weighted by Crippen LogP contribution is -2.23. The Morgan fingerprint density at radius 2 is 1.59 bits per heavy atom. The highest BCUT2D eigenvalue weighted by Crippen LogP contribution is 2.26. The molecule has 0 radical (unpaired) electrons. The maximum Gasteiger partial charge on any atom is 0.308 e. The van der Waals surface area contributed by atoms with Gasteiger partial charge in [-0.1, -0.05) is 30.3 Å². The van der Waals surface area contributed by atoms with Crippen LogP contribution in [0.2, 0.25) is 0 Å². The SMILES string of the molecule is CCOc1ccccc1OCC(=O)Nc1cccc(CNC(=O)c2cccc(OC(C)=O)c2)c1. The van der Waals surface area contributed by atoms with Gasteiger partial charge in [0, 0.05) is 24.7 Å². The molecule has 0 aliphatic heterocycles. The number of nitrogens with one attached hydrogen (secondary N) is 2. The first-order chi connectivity index (χ1) is 16.4. The summed E-state index contributed by atoms with van der Waals surface area (Å²) in [5.41, 5.74) is 1.74. The lowest BCUT2D eigenvalue weighted by atomic mass is 10.1. The molecule has 0 aliphatic rings. The zero-order valence-corrected chi connectivity index (χ0v) is 19.0. The highest BCUT2D eigenvalue weighted by atomic mass is 16.5. The normalized spacial score (nSPS) is 10.2. The van der Waals surface area contributed by atoms with Gasteiger partial charge in [-0.2, -0.15) is 0 Å². The number of carbonyl (C=O) groups excluding carboxylic acids is 3. The number of anilines is 1. The van der Waals surface area contributed by atoms with Crippen molar-refractivity contribution in [2.24, 2.45) is 0 Å². The largest absolute Gasteiger partial charge is 0.490 e. The molecule has 34 heavy (non-hydrogen) atoms. The number of amides is 2. The highest BCUT2D eigenvalue weighted by molar-refractivity contribution is 5.95. The number of rotatable bonds is 10. The second-order valence-electron chi connectivity index (χ2n) is 7.22. The van der Waals surface area contributed by atoms with E-state index in [1.165, 1.54) is 13.0 Å². The average Bonchev–Trinajstić information content (AvgIpc) is 2.82. The Kier molecular flexibility index (Phi) is 8.62. The molecule has 3 aromatic carbocycles. The molecule has 2 N–H and O–H groups in total. The topological polar surface area (TPSA) is 103 Å². The molecule has 0 unspecified atom stereocenters. The fraction of sp³-hybridized carbons (Fsp3) is 0.192. The van der Waals surface area contributed by atoms with Gasteiger partial charge in [0.1, 0.15) is 5.75 Å². The minimum Gasteiger partial charge on any atom is -0.490 e. The fourth-order valence-electron chi connectivity index (χ4n) is 3.09. The molecule has 0 fully saturated rings. The lowest BCUT2D eigenvalue weighted by Gasteiger charge is -2.12. The van der Waals surface area contributed by atoms with E-state index in [0.29, 0.717) is 35.1 Å². The van der Waals surface area contributed by atoms with Crippen LogP contribution in [0, 0.1) is 0 Å². The summed E-state index contributed by atoms with van der Waals surface area (Å²) in [5, 5.41) is 5.59. The summed E-state index contributed by atoms with van der Waals surface area (Å²) in [4.78, 5) is 35.9. The molecule has 0 saturated heterocycles. The predicted molar refractivity (Wildman–Crippen MR) is 127 cm³/mol. The van der Waals surface area contributed by atoms with Crippen LogP contribution in [-0.4, -0.2) is 31.0 Å². The maximum absolute atomic E-state index is 12.5. The number of carbonyl (C=O) groups is 3. The molecule has 2 amide bonds. The van der Waals surface area contributed by atoms with Gasteiger partial charge < -0.3 is 24.8 Å². The van der Waals surface area contributed by atoms with E-state index in [1.807, 2.05) is 19.1 Å². The Hall–Kier alpha value is -4.33. The van der Waals surface area contributed by atoms with Gasteiger partial charge in [0.2, 0.25) is 0 Å². The molecule has 8 heteroatoms. The van der Waals surface area contributed by atoms with Crippen molar-refractivity contribution in [2.45, 2.75) is 20.4 Å². The van der Waals surface area contributed by atoms with Crippen molar-refractivity contribution >= 4 is 23.5 Å². The van der Waals surface area contributed by atoms with Gasteiger partial charge in [0.15, 0.2) is 18.1 Å². The van der Waals surface area contributed by atoms with E-state index < -0.39 is 5.97 Å². The predicted octanol–water partition coefficient (Wildman–Crippen LogP) is 3.96. The van der Waals surface area contributed by atoms with E-state index in [4.69, 9.17) is 14.2 Å². The Labute approximate surface area is 197 Å². The van der Waals surface area contributed by atoms with E-state index in [2.05, 4.69) is 10.6 Å². The number of hydrogen-bond acceptors (Lipinski definition) is 6. The summed E-state index contributed by atoms with van der Waals surface area (Å²) in [6.45, 7) is 3.74. The van der Waals surface area contributed by atoms with Gasteiger partial charge >= 0.3 is 5.97 Å². The van der Waals surface area contributed by atoms with Crippen molar-refractivity contribution in [2.75, 3.05) is 18.5 Å². The van der Waals surface area contributed by atoms with Crippen LogP contribution in [0.3, 0.4) is 0 Å². The second-order valence-corrected chi connectivity index (χ2v) is 7.22. The molecule has 3 aromatic rings. The van der Waals surface area contributed by atoms with Crippen LogP contribution in [0.1, 0.15) is 29.8 Å². The van der Waals surface area contributed by atoms with Crippen LogP contribution in [0.4, 0.5) is 5.69 Å². The van der Waals surface area contributed by atoms with Crippen molar-refractivity contribution in [1.82, 2.24) is 5.32 Å². The minimum atomic E-state index is -0.458. The van der Waals surface area contributed by atoms with Crippen molar-refractivity contribution in [1.29, 1.82) is 0 Å². The Morgan fingerprint density at radius 3 is 2.32 bits per heavy atom. The third-order valence-electron chi connectivity index (χ3n) is 4.53. The van der Waals surface area contributed by atoms with Crippen LogP contribution in [-0.2, 0) is 16.1 Å². The number of esters is 1. The van der Waals surface area contributed by atoms with E-state index in [0.717, 1.165) is 5.56 Å². The lowest BCUT2D eigenvalue weighted by molar-refractivity contribution is -0.131. The zero-order chi connectivity index (χ0) is 24.3. The standard InChI is InChI=1S/C26H26N2O6/c1-3-32-23-12-4-5-13-24(23)33-17-25(30)28-21-10-6-8-19(14-21)16-27-26(31)20-9-7-11-22(15-20)34-18(2)29/h4-15H,3,16-17H2,1-2H3,(H,27,31)(H,28,30). The van der Waals surface area contributed by atoms with E-state index in [-0.39, 0.29) is 25.0 Å². The Morgan fingerprint density at radius 1 is 0.853 bits per heavy atom. The van der Waals surface area contributed by atoms with Crippen LogP contribution < -0.4 is 24.8 Å². The first kappa shape index (κ1) is 24.3. The van der Waals surface area contributed by atoms with Crippen LogP contribution >= 0.6 is 0 Å². The van der Waals surface area contributed by atoms with Gasteiger partial charge in [-0.05, 0) is 55.0 Å². The highest BCUT2D eigenvalue weighted by Gasteiger charge is 2.10. The smallest absolute Gasteiger partial charge is 0.308 e. The van der Waals surface area contributed by atoms with E-state index in [1.54, 1.807) is 54.6 Å². The molecule has 0 saturated carbocycles. The molecule has 8 nitrogen and oxygen atoms in total. The van der Waals surface area contributed by atoms with Gasteiger partial charge in [-0.15, -0.1) is 0 Å². The van der Waals surface area contributed by atoms with Gasteiger partial charge in [-0.25, -0.2) is 0 Å². The summed E-state index contributed by atoms with van der Waals surface area (Å²) in [6, 6.07) is 20.6. The third-order valence-corrected chi connectivity index (χ3v) is 4.53. The average molecular weight is 463 g/mol. The first-order valence-electron chi connectivity index (χ1n) is 10.7. The van der Waals surface area contributed by atoms with Gasteiger partial charge in [-0.3, -0.25) is 14.4 Å². The Balaban J connectivity index is 1.53. The number of benzene rings is 3. The molecule has 0 aliphatic carbocycles. The van der Waals surface area contributed by atoms with Crippen molar-refractivity contribution < 1.29 is 28.6 Å². The zero-order valence-electron chi connectivity index (χ0n) is 19.0.